The summed E-state index contributed by atoms with van der Waals surface area (Å²) in [6, 6.07) is 9.16. The first-order valence-corrected chi connectivity index (χ1v) is 6.77. The second-order valence-corrected chi connectivity index (χ2v) is 4.51. The van der Waals surface area contributed by atoms with Gasteiger partial charge in [0.1, 0.15) is 11.5 Å². The molecule has 0 aliphatic rings. The second kappa shape index (κ2) is 6.28. The van der Waals surface area contributed by atoms with Crippen molar-refractivity contribution in [3.05, 3.63) is 47.4 Å². The highest BCUT2D eigenvalue weighted by atomic mass is 16.5. The lowest BCUT2D eigenvalue weighted by Crippen LogP contribution is -2.12. The molecule has 4 heteroatoms. The first-order chi connectivity index (χ1) is 9.63. The monoisotopic (exact) mass is 273 g/mol. The lowest BCUT2D eigenvalue weighted by molar-refractivity contribution is 0.0994. The molecule has 0 saturated heterocycles. The highest BCUT2D eigenvalue weighted by Gasteiger charge is 2.13. The average molecular weight is 273 g/mol. The number of furan rings is 1. The van der Waals surface area contributed by atoms with Crippen LogP contribution in [0.15, 0.2) is 34.7 Å². The van der Waals surface area contributed by atoms with Crippen LogP contribution in [-0.2, 0) is 6.42 Å². The number of amides is 1. The summed E-state index contributed by atoms with van der Waals surface area (Å²) in [4.78, 5) is 12.1. The molecule has 0 unspecified atom stereocenters. The standard InChI is InChI=1S/C16H19NO3/c1-4-12-7-9-14(20-12)16(18)17-13-8-6-11(3)10-15(13)19-5-2/h6-10H,4-5H2,1-3H3,(H,17,18). The molecule has 1 aromatic carbocycles. The van der Waals surface area contributed by atoms with E-state index in [-0.39, 0.29) is 5.91 Å². The number of aryl methyl sites for hydroxylation is 2. The highest BCUT2D eigenvalue weighted by Crippen LogP contribution is 2.26. The molecule has 1 heterocycles. The van der Waals surface area contributed by atoms with Gasteiger partial charge >= 0.3 is 0 Å². The number of hydrogen-bond acceptors (Lipinski definition) is 3. The number of carbonyl (C=O) groups excluding carboxylic acids is 1. The largest absolute Gasteiger partial charge is 0.492 e. The minimum absolute atomic E-state index is 0.269. The summed E-state index contributed by atoms with van der Waals surface area (Å²) in [7, 11) is 0. The van der Waals surface area contributed by atoms with Crippen molar-refractivity contribution in [2.75, 3.05) is 11.9 Å². The van der Waals surface area contributed by atoms with Crippen LogP contribution in [0.1, 0.15) is 35.7 Å². The molecule has 0 fully saturated rings. The van der Waals surface area contributed by atoms with Gasteiger partial charge in [-0.1, -0.05) is 13.0 Å². The molecule has 106 valence electrons. The van der Waals surface area contributed by atoms with Crippen LogP contribution >= 0.6 is 0 Å². The summed E-state index contributed by atoms with van der Waals surface area (Å²) in [5.74, 6) is 1.51. The molecule has 0 atom stereocenters. The molecule has 2 aromatic rings. The van der Waals surface area contributed by atoms with Gasteiger partial charge in [0.2, 0.25) is 0 Å². The molecular formula is C16H19NO3. The number of benzene rings is 1. The number of anilines is 1. The van der Waals surface area contributed by atoms with Crippen molar-refractivity contribution < 1.29 is 13.9 Å². The fourth-order valence-corrected chi connectivity index (χ4v) is 1.88. The molecule has 20 heavy (non-hydrogen) atoms. The number of ether oxygens (including phenoxy) is 1. The van der Waals surface area contributed by atoms with Crippen LogP contribution in [0.25, 0.3) is 0 Å². The summed E-state index contributed by atoms with van der Waals surface area (Å²) in [5, 5.41) is 2.82. The third-order valence-corrected chi connectivity index (χ3v) is 2.92. The molecule has 0 bridgehead atoms. The SMILES string of the molecule is CCOc1cc(C)ccc1NC(=O)c1ccc(CC)o1. The molecule has 0 saturated carbocycles. The van der Waals surface area contributed by atoms with E-state index < -0.39 is 0 Å². The van der Waals surface area contributed by atoms with E-state index in [0.717, 1.165) is 17.7 Å². The summed E-state index contributed by atoms with van der Waals surface area (Å²) in [6.45, 7) is 6.42. The maximum atomic E-state index is 12.1. The van der Waals surface area contributed by atoms with Gasteiger partial charge in [-0.05, 0) is 43.7 Å². The fraction of sp³-hybridized carbons (Fsp3) is 0.312. The summed E-state index contributed by atoms with van der Waals surface area (Å²) in [5.41, 5.74) is 1.73. The Morgan fingerprint density at radius 1 is 1.25 bits per heavy atom. The van der Waals surface area contributed by atoms with Gasteiger partial charge < -0.3 is 14.5 Å². The second-order valence-electron chi connectivity index (χ2n) is 4.51. The number of carbonyl (C=O) groups is 1. The van der Waals surface area contributed by atoms with Gasteiger partial charge in [0.05, 0.1) is 12.3 Å². The van der Waals surface area contributed by atoms with Gasteiger partial charge in [0.25, 0.3) is 5.91 Å². The van der Waals surface area contributed by atoms with E-state index in [2.05, 4.69) is 5.32 Å². The zero-order chi connectivity index (χ0) is 14.5. The van der Waals surface area contributed by atoms with Crippen molar-refractivity contribution in [1.29, 1.82) is 0 Å². The Balaban J connectivity index is 2.18. The van der Waals surface area contributed by atoms with Crippen LogP contribution in [0.5, 0.6) is 5.75 Å². The smallest absolute Gasteiger partial charge is 0.291 e. The number of rotatable bonds is 5. The van der Waals surface area contributed by atoms with E-state index in [1.807, 2.05) is 45.0 Å². The van der Waals surface area contributed by atoms with Crippen LogP contribution < -0.4 is 10.1 Å². The molecule has 4 nitrogen and oxygen atoms in total. The normalized spacial score (nSPS) is 10.3. The van der Waals surface area contributed by atoms with Crippen molar-refractivity contribution in [2.24, 2.45) is 0 Å². The minimum Gasteiger partial charge on any atom is -0.492 e. The van der Waals surface area contributed by atoms with E-state index in [1.165, 1.54) is 0 Å². The summed E-state index contributed by atoms with van der Waals surface area (Å²) >= 11 is 0. The molecular weight excluding hydrogens is 254 g/mol. The van der Waals surface area contributed by atoms with E-state index in [0.29, 0.717) is 23.8 Å². The van der Waals surface area contributed by atoms with Crippen LogP contribution in [0.4, 0.5) is 5.69 Å². The first-order valence-electron chi connectivity index (χ1n) is 6.77. The van der Waals surface area contributed by atoms with E-state index in [1.54, 1.807) is 6.07 Å². The Morgan fingerprint density at radius 2 is 2.05 bits per heavy atom. The topological polar surface area (TPSA) is 51.5 Å². The van der Waals surface area contributed by atoms with Crippen molar-refractivity contribution in [1.82, 2.24) is 0 Å². The summed E-state index contributed by atoms with van der Waals surface area (Å²) < 4.78 is 11.0. The molecule has 1 N–H and O–H groups in total. The third-order valence-electron chi connectivity index (χ3n) is 2.92. The van der Waals surface area contributed by atoms with Gasteiger partial charge in [-0.15, -0.1) is 0 Å². The quantitative estimate of drug-likeness (QED) is 0.901. The molecule has 1 aromatic heterocycles. The molecule has 0 aliphatic heterocycles. The average Bonchev–Trinajstić information content (AvgIpc) is 2.91. The van der Waals surface area contributed by atoms with Gasteiger partial charge in [0, 0.05) is 6.42 Å². The molecule has 0 spiro atoms. The van der Waals surface area contributed by atoms with E-state index in [4.69, 9.17) is 9.15 Å². The van der Waals surface area contributed by atoms with Crippen molar-refractivity contribution >= 4 is 11.6 Å². The Hall–Kier alpha value is -2.23. The predicted octanol–water partition coefficient (Wildman–Crippen LogP) is 3.80. The Morgan fingerprint density at radius 3 is 2.70 bits per heavy atom. The van der Waals surface area contributed by atoms with E-state index in [9.17, 15) is 4.79 Å². The molecule has 1 amide bonds. The van der Waals surface area contributed by atoms with E-state index >= 15 is 0 Å². The lowest BCUT2D eigenvalue weighted by atomic mass is 10.2. The van der Waals surface area contributed by atoms with Crippen LogP contribution in [0.3, 0.4) is 0 Å². The maximum absolute atomic E-state index is 12.1. The Labute approximate surface area is 118 Å². The van der Waals surface area contributed by atoms with Gasteiger partial charge in [-0.2, -0.15) is 0 Å². The Bertz CT molecular complexity index is 602. The summed E-state index contributed by atoms with van der Waals surface area (Å²) in [6.07, 6.45) is 0.766. The minimum atomic E-state index is -0.269. The molecule has 0 radical (unpaired) electrons. The third kappa shape index (κ3) is 3.20. The fourth-order valence-electron chi connectivity index (χ4n) is 1.88. The highest BCUT2D eigenvalue weighted by molar-refractivity contribution is 6.03. The van der Waals surface area contributed by atoms with Crippen molar-refractivity contribution in [3.63, 3.8) is 0 Å². The Kier molecular flexibility index (Phi) is 4.45. The number of nitrogens with one attached hydrogen (secondary N) is 1. The van der Waals surface area contributed by atoms with Gasteiger partial charge in [0.15, 0.2) is 5.76 Å². The lowest BCUT2D eigenvalue weighted by Gasteiger charge is -2.11. The maximum Gasteiger partial charge on any atom is 0.291 e. The zero-order valence-corrected chi connectivity index (χ0v) is 12.0. The van der Waals surface area contributed by atoms with Crippen LogP contribution in [0, 0.1) is 6.92 Å². The zero-order valence-electron chi connectivity index (χ0n) is 12.0. The first kappa shape index (κ1) is 14.2. The predicted molar refractivity (Wildman–Crippen MR) is 78.4 cm³/mol. The number of hydrogen-bond donors (Lipinski definition) is 1. The molecule has 0 aliphatic carbocycles. The van der Waals surface area contributed by atoms with Gasteiger partial charge in [-0.25, -0.2) is 0 Å². The van der Waals surface area contributed by atoms with Crippen LogP contribution in [-0.4, -0.2) is 12.5 Å². The van der Waals surface area contributed by atoms with Crippen LogP contribution in [0.2, 0.25) is 0 Å². The van der Waals surface area contributed by atoms with Crippen molar-refractivity contribution in [3.8, 4) is 5.75 Å². The van der Waals surface area contributed by atoms with Crippen molar-refractivity contribution in [2.45, 2.75) is 27.2 Å². The molecule has 2 rings (SSSR count). The van der Waals surface area contributed by atoms with Gasteiger partial charge in [-0.3, -0.25) is 4.79 Å².